The zero-order valence-corrected chi connectivity index (χ0v) is 11.6. The number of nitrogens with two attached hydrogens (primary N) is 2. The van der Waals surface area contributed by atoms with Crippen molar-refractivity contribution in [3.63, 3.8) is 0 Å². The number of primary amides is 1. The zero-order chi connectivity index (χ0) is 14.7. The first kappa shape index (κ1) is 14.1. The molecule has 4 N–H and O–H groups in total. The molecule has 0 spiro atoms. The van der Waals surface area contributed by atoms with Crippen LogP contribution >= 0.6 is 0 Å². The van der Waals surface area contributed by atoms with Crippen LogP contribution in [-0.4, -0.2) is 22.2 Å². The molecule has 0 aliphatic carbocycles. The van der Waals surface area contributed by atoms with E-state index in [1.165, 1.54) is 4.68 Å². The first-order valence-electron chi connectivity index (χ1n) is 6.33. The number of ether oxygens (including phenoxy) is 1. The first-order valence-corrected chi connectivity index (χ1v) is 6.33. The van der Waals surface area contributed by atoms with Crippen LogP contribution in [0.5, 0.6) is 11.6 Å². The van der Waals surface area contributed by atoms with E-state index in [9.17, 15) is 4.79 Å². The van der Waals surface area contributed by atoms with E-state index in [1.54, 1.807) is 14.0 Å². The van der Waals surface area contributed by atoms with Gasteiger partial charge in [0.05, 0.1) is 5.69 Å². The average Bonchev–Trinajstić information content (AvgIpc) is 2.67. The highest BCUT2D eigenvalue weighted by molar-refractivity contribution is 5.96. The molecule has 0 unspecified atom stereocenters. The van der Waals surface area contributed by atoms with Crippen molar-refractivity contribution in [3.8, 4) is 11.6 Å². The molecule has 2 rings (SSSR count). The summed E-state index contributed by atoms with van der Waals surface area (Å²) in [5.41, 5.74) is 12.9. The Labute approximate surface area is 117 Å². The smallest absolute Gasteiger partial charge is 0.256 e. The van der Waals surface area contributed by atoms with Crippen molar-refractivity contribution in [2.24, 2.45) is 18.5 Å². The predicted octanol–water partition coefficient (Wildman–Crippen LogP) is 1.12. The fourth-order valence-electron chi connectivity index (χ4n) is 2.04. The summed E-state index contributed by atoms with van der Waals surface area (Å²) in [7, 11) is 1.71. The Morgan fingerprint density at radius 2 is 2.00 bits per heavy atom. The molecule has 0 radical (unpaired) electrons. The number of hydrogen-bond donors (Lipinski definition) is 2. The standard InChI is InChI=1S/C14H18N4O2/c1-9-12(13(16)19)14(18(2)17-9)20-11-5-3-10(4-6-11)7-8-15/h3-6H,7-8,15H2,1-2H3,(H2,16,19). The van der Waals surface area contributed by atoms with E-state index < -0.39 is 5.91 Å². The molecule has 0 saturated heterocycles. The average molecular weight is 274 g/mol. The van der Waals surface area contributed by atoms with Gasteiger partial charge in [0.1, 0.15) is 11.3 Å². The maximum absolute atomic E-state index is 11.5. The number of benzene rings is 1. The summed E-state index contributed by atoms with van der Waals surface area (Å²) in [5, 5.41) is 4.15. The minimum atomic E-state index is -0.551. The number of aryl methyl sites for hydroxylation is 2. The van der Waals surface area contributed by atoms with Crippen molar-refractivity contribution in [2.45, 2.75) is 13.3 Å². The molecule has 1 heterocycles. The zero-order valence-electron chi connectivity index (χ0n) is 11.6. The Morgan fingerprint density at radius 3 is 2.55 bits per heavy atom. The summed E-state index contributed by atoms with van der Waals surface area (Å²) in [6.45, 7) is 2.32. The number of aromatic nitrogens is 2. The van der Waals surface area contributed by atoms with Crippen LogP contribution in [0.2, 0.25) is 0 Å². The van der Waals surface area contributed by atoms with Gasteiger partial charge in [-0.05, 0) is 37.6 Å². The summed E-state index contributed by atoms with van der Waals surface area (Å²) >= 11 is 0. The Balaban J connectivity index is 2.28. The van der Waals surface area contributed by atoms with Crippen LogP contribution in [0, 0.1) is 6.92 Å². The molecule has 1 aromatic carbocycles. The summed E-state index contributed by atoms with van der Waals surface area (Å²) in [6.07, 6.45) is 0.817. The highest BCUT2D eigenvalue weighted by Crippen LogP contribution is 2.27. The number of carbonyl (C=O) groups excluding carboxylic acids is 1. The van der Waals surface area contributed by atoms with E-state index in [0.717, 1.165) is 12.0 Å². The van der Waals surface area contributed by atoms with Crippen LogP contribution in [-0.2, 0) is 13.5 Å². The molecule has 0 atom stereocenters. The van der Waals surface area contributed by atoms with Crippen molar-refractivity contribution in [1.82, 2.24) is 9.78 Å². The molecule has 0 fully saturated rings. The molecule has 106 valence electrons. The number of carbonyl (C=O) groups is 1. The molecule has 2 aromatic rings. The van der Waals surface area contributed by atoms with E-state index >= 15 is 0 Å². The molecular formula is C14H18N4O2. The Hall–Kier alpha value is -2.34. The fourth-order valence-corrected chi connectivity index (χ4v) is 2.04. The minimum absolute atomic E-state index is 0.304. The van der Waals surface area contributed by atoms with Crippen molar-refractivity contribution < 1.29 is 9.53 Å². The van der Waals surface area contributed by atoms with Gasteiger partial charge in [-0.3, -0.25) is 4.79 Å². The summed E-state index contributed by atoms with van der Waals surface area (Å²) in [6, 6.07) is 7.54. The normalized spacial score (nSPS) is 10.6. The lowest BCUT2D eigenvalue weighted by atomic mass is 10.1. The van der Waals surface area contributed by atoms with E-state index in [1.807, 2.05) is 24.3 Å². The third-order valence-electron chi connectivity index (χ3n) is 2.99. The SMILES string of the molecule is Cc1nn(C)c(Oc2ccc(CCN)cc2)c1C(N)=O. The molecule has 1 aromatic heterocycles. The highest BCUT2D eigenvalue weighted by Gasteiger charge is 2.19. The molecule has 20 heavy (non-hydrogen) atoms. The van der Waals surface area contributed by atoms with E-state index in [4.69, 9.17) is 16.2 Å². The van der Waals surface area contributed by atoms with Crippen LogP contribution in [0.25, 0.3) is 0 Å². The fraction of sp³-hybridized carbons (Fsp3) is 0.286. The Morgan fingerprint density at radius 1 is 1.35 bits per heavy atom. The molecule has 0 aliphatic heterocycles. The molecule has 0 saturated carbocycles. The van der Waals surface area contributed by atoms with Crippen molar-refractivity contribution in [2.75, 3.05) is 6.54 Å². The lowest BCUT2D eigenvalue weighted by molar-refractivity contribution is 0.0997. The molecule has 0 bridgehead atoms. The molecule has 6 nitrogen and oxygen atoms in total. The molecular weight excluding hydrogens is 256 g/mol. The Bertz CT molecular complexity index is 617. The van der Waals surface area contributed by atoms with Crippen LogP contribution < -0.4 is 16.2 Å². The highest BCUT2D eigenvalue weighted by atomic mass is 16.5. The number of amides is 1. The predicted molar refractivity (Wildman–Crippen MR) is 75.7 cm³/mol. The summed E-state index contributed by atoms with van der Waals surface area (Å²) in [4.78, 5) is 11.5. The summed E-state index contributed by atoms with van der Waals surface area (Å²) < 4.78 is 7.23. The van der Waals surface area contributed by atoms with Crippen LogP contribution in [0.15, 0.2) is 24.3 Å². The van der Waals surface area contributed by atoms with Crippen molar-refractivity contribution >= 4 is 5.91 Å². The van der Waals surface area contributed by atoms with E-state index in [-0.39, 0.29) is 0 Å². The third-order valence-corrected chi connectivity index (χ3v) is 2.99. The summed E-state index contributed by atoms with van der Waals surface area (Å²) in [5.74, 6) is 0.420. The van der Waals surface area contributed by atoms with Gasteiger partial charge < -0.3 is 16.2 Å². The van der Waals surface area contributed by atoms with Gasteiger partial charge in [0.25, 0.3) is 5.91 Å². The lowest BCUT2D eigenvalue weighted by Gasteiger charge is -2.08. The van der Waals surface area contributed by atoms with Crippen LogP contribution in [0.1, 0.15) is 21.6 Å². The van der Waals surface area contributed by atoms with Gasteiger partial charge in [-0.2, -0.15) is 5.10 Å². The monoisotopic (exact) mass is 274 g/mol. The number of nitrogens with zero attached hydrogens (tertiary/aromatic N) is 2. The second kappa shape index (κ2) is 5.75. The second-order valence-corrected chi connectivity index (χ2v) is 4.54. The quantitative estimate of drug-likeness (QED) is 0.854. The molecule has 0 aliphatic rings. The topological polar surface area (TPSA) is 96.2 Å². The van der Waals surface area contributed by atoms with Crippen molar-refractivity contribution in [1.29, 1.82) is 0 Å². The lowest BCUT2D eigenvalue weighted by Crippen LogP contribution is -2.13. The van der Waals surface area contributed by atoms with Gasteiger partial charge in [0, 0.05) is 7.05 Å². The Kier molecular flexibility index (Phi) is 4.05. The third kappa shape index (κ3) is 2.80. The van der Waals surface area contributed by atoms with Gasteiger partial charge in [-0.1, -0.05) is 12.1 Å². The first-order chi connectivity index (χ1) is 9.52. The molecule has 6 heteroatoms. The van der Waals surface area contributed by atoms with Crippen molar-refractivity contribution in [3.05, 3.63) is 41.1 Å². The maximum atomic E-state index is 11.5. The van der Waals surface area contributed by atoms with Gasteiger partial charge in [-0.15, -0.1) is 0 Å². The van der Waals surface area contributed by atoms with Gasteiger partial charge >= 0.3 is 0 Å². The number of hydrogen-bond acceptors (Lipinski definition) is 4. The van der Waals surface area contributed by atoms with Crippen LogP contribution in [0.4, 0.5) is 0 Å². The second-order valence-electron chi connectivity index (χ2n) is 4.54. The van der Waals surface area contributed by atoms with Gasteiger partial charge in [0.15, 0.2) is 0 Å². The van der Waals surface area contributed by atoms with Crippen LogP contribution in [0.3, 0.4) is 0 Å². The van der Waals surface area contributed by atoms with E-state index in [0.29, 0.717) is 29.4 Å². The molecule has 1 amide bonds. The van der Waals surface area contributed by atoms with E-state index in [2.05, 4.69) is 5.10 Å². The van der Waals surface area contributed by atoms with Gasteiger partial charge in [-0.25, -0.2) is 4.68 Å². The number of rotatable bonds is 5. The minimum Gasteiger partial charge on any atom is -0.438 e. The van der Waals surface area contributed by atoms with Gasteiger partial charge in [0.2, 0.25) is 5.88 Å². The largest absolute Gasteiger partial charge is 0.438 e. The maximum Gasteiger partial charge on any atom is 0.256 e.